The number of rotatable bonds is 1. The molecule has 0 aliphatic carbocycles. The fraction of sp³-hybridized carbons (Fsp3) is 0.467. The maximum absolute atomic E-state index is 12.3. The fourth-order valence-corrected chi connectivity index (χ4v) is 2.99. The van der Waals surface area contributed by atoms with Crippen LogP contribution in [0.3, 0.4) is 0 Å². The number of hydrogen-bond acceptors (Lipinski definition) is 6. The Labute approximate surface area is 127 Å². The van der Waals surface area contributed by atoms with Gasteiger partial charge in [-0.05, 0) is 12.1 Å². The number of fused-ring (bicyclic) bond motifs is 1. The van der Waals surface area contributed by atoms with Gasteiger partial charge in [-0.3, -0.25) is 4.98 Å². The Balaban J connectivity index is 1.42. The van der Waals surface area contributed by atoms with Gasteiger partial charge in [0.15, 0.2) is 5.79 Å². The van der Waals surface area contributed by atoms with Crippen LogP contribution >= 0.6 is 0 Å². The molecule has 0 N–H and O–H groups in total. The summed E-state index contributed by atoms with van der Waals surface area (Å²) in [5, 5.41) is 2.62. The van der Waals surface area contributed by atoms with Gasteiger partial charge in [0.2, 0.25) is 0 Å². The van der Waals surface area contributed by atoms with Crippen molar-refractivity contribution < 1.29 is 19.1 Å². The average Bonchev–Trinajstić information content (AvgIpc) is 3.17. The number of carbonyl (C=O) groups excluding carboxylic acids is 1. The third-order valence-corrected chi connectivity index (χ3v) is 4.20. The number of hydrogen-bond donors (Lipinski definition) is 0. The molecule has 4 heterocycles. The number of hydroxylamine groups is 2. The van der Waals surface area contributed by atoms with Crippen LogP contribution in [0.4, 0.5) is 4.79 Å². The predicted octanol–water partition coefficient (Wildman–Crippen LogP) is 1.77. The van der Waals surface area contributed by atoms with Crippen LogP contribution in [0.2, 0.25) is 0 Å². The van der Waals surface area contributed by atoms with Crippen molar-refractivity contribution in [2.75, 3.05) is 26.3 Å². The average molecular weight is 303 g/mol. The summed E-state index contributed by atoms with van der Waals surface area (Å²) in [5.74, 6) is -0.465. The van der Waals surface area contributed by atoms with Crippen molar-refractivity contribution in [2.45, 2.75) is 18.6 Å². The molecule has 2 aromatic heterocycles. The molecule has 1 spiro atoms. The zero-order chi connectivity index (χ0) is 15.0. The topological polar surface area (TPSA) is 65.8 Å². The number of nitrogens with zero attached hydrogens (tertiary/aromatic N) is 3. The highest BCUT2D eigenvalue weighted by Crippen LogP contribution is 2.31. The summed E-state index contributed by atoms with van der Waals surface area (Å²) in [7, 11) is 0. The standard InChI is InChI=1S/C15H17N3O4/c19-14(18-6-2-12-1-5-16-11-13(12)18)22-17-7-3-15(4-8-17)20-9-10-21-15/h1-2,5-6,11H,3-4,7-10H2. The monoisotopic (exact) mass is 303 g/mol. The normalized spacial score (nSPS) is 21.5. The first-order valence-electron chi connectivity index (χ1n) is 7.42. The molecule has 0 saturated carbocycles. The van der Waals surface area contributed by atoms with Crippen LogP contribution in [-0.4, -0.2) is 52.8 Å². The lowest BCUT2D eigenvalue weighted by atomic mass is 10.1. The largest absolute Gasteiger partial charge is 0.437 e. The van der Waals surface area contributed by atoms with Crippen molar-refractivity contribution in [1.29, 1.82) is 0 Å². The molecule has 7 heteroatoms. The van der Waals surface area contributed by atoms with E-state index in [1.54, 1.807) is 23.7 Å². The van der Waals surface area contributed by atoms with Gasteiger partial charge in [0, 0.05) is 43.7 Å². The molecular formula is C15H17N3O4. The Bertz CT molecular complexity index is 683. The maximum atomic E-state index is 12.3. The summed E-state index contributed by atoms with van der Waals surface area (Å²) in [6.45, 7) is 2.48. The Morgan fingerprint density at radius 2 is 2.00 bits per heavy atom. The van der Waals surface area contributed by atoms with Crippen molar-refractivity contribution in [3.8, 4) is 0 Å². The highest BCUT2D eigenvalue weighted by Gasteiger charge is 2.40. The smallest absolute Gasteiger partial charge is 0.350 e. The quantitative estimate of drug-likeness (QED) is 0.800. The summed E-state index contributed by atoms with van der Waals surface area (Å²) in [5.41, 5.74) is 0.739. The van der Waals surface area contributed by atoms with Crippen molar-refractivity contribution >= 4 is 17.0 Å². The van der Waals surface area contributed by atoms with Gasteiger partial charge >= 0.3 is 6.09 Å². The molecular weight excluding hydrogens is 286 g/mol. The highest BCUT2D eigenvalue weighted by molar-refractivity contribution is 5.88. The van der Waals surface area contributed by atoms with Crippen LogP contribution in [-0.2, 0) is 14.3 Å². The predicted molar refractivity (Wildman–Crippen MR) is 77.1 cm³/mol. The molecule has 116 valence electrons. The maximum Gasteiger partial charge on any atom is 0.437 e. The summed E-state index contributed by atoms with van der Waals surface area (Å²) in [6, 6.07) is 3.72. The molecule has 0 radical (unpaired) electrons. The Morgan fingerprint density at radius 3 is 2.77 bits per heavy atom. The van der Waals surface area contributed by atoms with E-state index >= 15 is 0 Å². The van der Waals surface area contributed by atoms with Gasteiger partial charge in [0.1, 0.15) is 0 Å². The summed E-state index contributed by atoms with van der Waals surface area (Å²) < 4.78 is 12.8. The molecule has 22 heavy (non-hydrogen) atoms. The van der Waals surface area contributed by atoms with Crippen LogP contribution in [0, 0.1) is 0 Å². The lowest BCUT2D eigenvalue weighted by molar-refractivity contribution is -0.223. The van der Waals surface area contributed by atoms with E-state index in [1.165, 1.54) is 4.57 Å². The fourth-order valence-electron chi connectivity index (χ4n) is 2.99. The SMILES string of the molecule is O=C(ON1CCC2(CC1)OCCO2)n1ccc2ccncc21. The minimum absolute atomic E-state index is 0.424. The Kier molecular flexibility index (Phi) is 3.33. The number of carbonyl (C=O) groups is 1. The van der Waals surface area contributed by atoms with Gasteiger partial charge in [0.25, 0.3) is 0 Å². The van der Waals surface area contributed by atoms with Crippen LogP contribution in [0.5, 0.6) is 0 Å². The summed E-state index contributed by atoms with van der Waals surface area (Å²) >= 11 is 0. The van der Waals surface area contributed by atoms with Crippen molar-refractivity contribution in [1.82, 2.24) is 14.6 Å². The molecule has 0 unspecified atom stereocenters. The molecule has 2 aliphatic heterocycles. The lowest BCUT2D eigenvalue weighted by Crippen LogP contribution is -2.46. The molecule has 2 saturated heterocycles. The minimum Gasteiger partial charge on any atom is -0.350 e. The van der Waals surface area contributed by atoms with Gasteiger partial charge in [0.05, 0.1) is 24.9 Å². The van der Waals surface area contributed by atoms with Crippen molar-refractivity contribution in [3.63, 3.8) is 0 Å². The molecule has 0 bridgehead atoms. The molecule has 7 nitrogen and oxygen atoms in total. The first-order valence-corrected chi connectivity index (χ1v) is 7.42. The first kappa shape index (κ1) is 13.7. The number of piperidine rings is 1. The summed E-state index contributed by atoms with van der Waals surface area (Å²) in [4.78, 5) is 21.8. The molecule has 2 aliphatic rings. The molecule has 2 fully saturated rings. The minimum atomic E-state index is -0.465. The van der Waals surface area contributed by atoms with Gasteiger partial charge in [-0.25, -0.2) is 9.36 Å². The molecule has 4 rings (SSSR count). The van der Waals surface area contributed by atoms with Crippen LogP contribution in [0.25, 0.3) is 10.9 Å². The zero-order valence-electron chi connectivity index (χ0n) is 12.1. The second kappa shape index (κ2) is 5.35. The number of ether oxygens (including phenoxy) is 2. The second-order valence-corrected chi connectivity index (χ2v) is 5.51. The molecule has 2 aromatic rings. The van der Waals surface area contributed by atoms with Crippen LogP contribution in [0.15, 0.2) is 30.7 Å². The Hall–Kier alpha value is -1.96. The van der Waals surface area contributed by atoms with E-state index in [9.17, 15) is 4.79 Å². The van der Waals surface area contributed by atoms with Crippen LogP contribution in [0.1, 0.15) is 12.8 Å². The van der Waals surface area contributed by atoms with Gasteiger partial charge < -0.3 is 14.3 Å². The van der Waals surface area contributed by atoms with E-state index in [1.807, 2.05) is 12.1 Å². The van der Waals surface area contributed by atoms with E-state index in [0.29, 0.717) is 39.1 Å². The van der Waals surface area contributed by atoms with Gasteiger partial charge in [-0.1, -0.05) is 0 Å². The number of aromatic nitrogens is 2. The highest BCUT2D eigenvalue weighted by atomic mass is 16.7. The van der Waals surface area contributed by atoms with Crippen molar-refractivity contribution in [2.24, 2.45) is 0 Å². The van der Waals surface area contributed by atoms with E-state index in [2.05, 4.69) is 4.98 Å². The Morgan fingerprint density at radius 1 is 1.23 bits per heavy atom. The third-order valence-electron chi connectivity index (χ3n) is 4.20. The van der Waals surface area contributed by atoms with E-state index < -0.39 is 11.9 Å². The van der Waals surface area contributed by atoms with E-state index in [-0.39, 0.29) is 0 Å². The van der Waals surface area contributed by atoms with Crippen LogP contribution < -0.4 is 0 Å². The van der Waals surface area contributed by atoms with Gasteiger partial charge in [-0.2, -0.15) is 0 Å². The lowest BCUT2D eigenvalue weighted by Gasteiger charge is -2.36. The van der Waals surface area contributed by atoms with E-state index in [4.69, 9.17) is 14.3 Å². The molecule has 0 aromatic carbocycles. The molecule has 0 atom stereocenters. The van der Waals surface area contributed by atoms with E-state index in [0.717, 1.165) is 10.9 Å². The third kappa shape index (κ3) is 2.37. The van der Waals surface area contributed by atoms with Crippen molar-refractivity contribution in [3.05, 3.63) is 30.7 Å². The zero-order valence-corrected chi connectivity index (χ0v) is 12.1. The summed E-state index contributed by atoms with van der Waals surface area (Å²) in [6.07, 6.45) is 6.03. The molecule has 0 amide bonds. The number of pyridine rings is 1. The first-order chi connectivity index (χ1) is 10.8. The van der Waals surface area contributed by atoms with Gasteiger partial charge in [-0.15, -0.1) is 5.06 Å². The second-order valence-electron chi connectivity index (χ2n) is 5.51.